The molecule has 0 saturated carbocycles. The molecule has 0 aliphatic carbocycles. The van der Waals surface area contributed by atoms with Crippen molar-refractivity contribution >= 4 is 11.8 Å². The second-order valence-electron chi connectivity index (χ2n) is 6.02. The molecule has 0 aromatic heterocycles. The summed E-state index contributed by atoms with van der Waals surface area (Å²) >= 11 is 0. The Balaban J connectivity index is -0.0000000912. The average molecular weight is 648 g/mol. The van der Waals surface area contributed by atoms with Crippen LogP contribution in [0.15, 0.2) is 0 Å². The fourth-order valence-electron chi connectivity index (χ4n) is 2.43. The van der Waals surface area contributed by atoms with Gasteiger partial charge in [0.05, 0.1) is 10.2 Å². The molecule has 15 heteroatoms. The second kappa shape index (κ2) is 21.0. The maximum atomic E-state index is 10.9. The number of hydrogen-bond acceptors (Lipinski definition) is 8. The van der Waals surface area contributed by atoms with Gasteiger partial charge in [-0.25, -0.2) is 9.15 Å². The van der Waals surface area contributed by atoms with Crippen molar-refractivity contribution in [3.8, 4) is 0 Å². The maximum absolute atomic E-state index is 10.9. The van der Waals surface area contributed by atoms with Crippen molar-refractivity contribution in [2.24, 2.45) is 0 Å². The van der Waals surface area contributed by atoms with Gasteiger partial charge in [-0.15, -0.1) is 0 Å². The Morgan fingerprint density at radius 1 is 0.724 bits per heavy atom. The first-order chi connectivity index (χ1) is 11.9. The Morgan fingerprint density at radius 3 is 1.00 bits per heavy atom. The van der Waals surface area contributed by atoms with Crippen LogP contribution in [0.3, 0.4) is 0 Å². The van der Waals surface area contributed by atoms with Crippen molar-refractivity contribution in [1.82, 2.24) is 0 Å². The van der Waals surface area contributed by atoms with Crippen molar-refractivity contribution < 1.29 is 71.6 Å². The first-order valence-electron chi connectivity index (χ1n) is 8.12. The van der Waals surface area contributed by atoms with Crippen LogP contribution < -0.4 is 10.2 Å². The fraction of sp³-hybridized carbons (Fsp3) is 0.857. The van der Waals surface area contributed by atoms with Crippen LogP contribution in [0.25, 0.3) is 0 Å². The summed E-state index contributed by atoms with van der Waals surface area (Å²) in [6.07, 6.45) is 3.63. The smallest absolute Gasteiger partial charge is 0.146 e. The van der Waals surface area contributed by atoms with Crippen LogP contribution in [0.1, 0.15) is 53.4 Å². The Labute approximate surface area is 192 Å². The van der Waals surface area contributed by atoms with Gasteiger partial charge in [-0.3, -0.25) is 0 Å². The van der Waals surface area contributed by atoms with Gasteiger partial charge in [0.15, 0.2) is 0 Å². The third-order valence-electron chi connectivity index (χ3n) is 3.47. The van der Waals surface area contributed by atoms with E-state index in [4.69, 9.17) is 30.6 Å². The third-order valence-corrected chi connectivity index (χ3v) is 3.47. The van der Waals surface area contributed by atoms with Crippen molar-refractivity contribution in [3.05, 3.63) is 30.6 Å². The predicted molar refractivity (Wildman–Crippen MR) is 91.1 cm³/mol. The van der Waals surface area contributed by atoms with E-state index >= 15 is 0 Å². The van der Waals surface area contributed by atoms with Gasteiger partial charge in [0, 0.05) is 56.8 Å². The molecule has 0 bridgehead atoms. The average Bonchev–Trinajstić information content (AvgIpc) is 3.06. The molecule has 0 radical (unpaired) electrons. The summed E-state index contributed by atoms with van der Waals surface area (Å²) in [5.74, 6) is 0.648. The Kier molecular flexibility index (Phi) is 27.5. The van der Waals surface area contributed by atoms with Crippen LogP contribution >= 0.6 is 0 Å². The first-order valence-corrected chi connectivity index (χ1v) is 8.12. The van der Waals surface area contributed by atoms with Gasteiger partial charge in [-0.1, -0.05) is 0 Å². The number of hydrogen-bond donors (Lipinski definition) is 0. The van der Waals surface area contributed by atoms with Gasteiger partial charge in [-0.05, 0) is 27.7 Å². The van der Waals surface area contributed by atoms with E-state index in [0.29, 0.717) is 23.9 Å². The minimum Gasteiger partial charge on any atom is -2.00 e. The van der Waals surface area contributed by atoms with E-state index in [0.717, 1.165) is 38.8 Å². The molecule has 0 saturated heterocycles. The molecule has 2 aliphatic rings. The van der Waals surface area contributed by atoms with E-state index in [9.17, 15) is 10.2 Å². The molecule has 0 amide bonds. The topological polar surface area (TPSA) is 242 Å². The second-order valence-corrected chi connectivity index (χ2v) is 6.02. The Hall–Kier alpha value is -1.69. The summed E-state index contributed by atoms with van der Waals surface area (Å²) in [5.41, 5.74) is 0. The molecular formula is C14H26N4O10U-6. The zero-order chi connectivity index (χ0) is 20.9. The van der Waals surface area contributed by atoms with Crippen molar-refractivity contribution in [1.29, 1.82) is 0 Å². The summed E-state index contributed by atoms with van der Waals surface area (Å²) in [4.78, 5) is 16.5. The summed E-state index contributed by atoms with van der Waals surface area (Å²) < 4.78 is 3.86. The summed E-state index contributed by atoms with van der Waals surface area (Å²) in [5, 5.41) is 51.4. The van der Waals surface area contributed by atoms with Crippen LogP contribution in [-0.4, -0.2) is 56.3 Å². The molecule has 0 fully saturated rings. The van der Waals surface area contributed by atoms with E-state index in [2.05, 4.69) is 27.7 Å². The van der Waals surface area contributed by atoms with Crippen LogP contribution in [0.5, 0.6) is 0 Å². The summed E-state index contributed by atoms with van der Waals surface area (Å²) in [7, 11) is 0. The molecule has 0 spiro atoms. The van der Waals surface area contributed by atoms with Gasteiger partial charge in [0.1, 0.15) is 37.0 Å². The van der Waals surface area contributed by atoms with E-state index in [-0.39, 0.29) is 42.1 Å². The molecule has 2 rings (SSSR count). The SMILES string of the molecule is CC(C)[N+]1=C([O-])CCC1.CC(C)[N+]1=C([O-])CCC1.O=[N+]([O-])[O-].O=[N+]([O-])[O-].[O-2].[O-2].[U]. The maximum Gasteiger partial charge on any atom is 0.146 e. The zero-order valence-corrected chi connectivity index (χ0v) is 20.9. The van der Waals surface area contributed by atoms with Gasteiger partial charge in [0.2, 0.25) is 0 Å². The monoisotopic (exact) mass is 648 g/mol. The van der Waals surface area contributed by atoms with Crippen LogP contribution in [0.4, 0.5) is 0 Å². The van der Waals surface area contributed by atoms with E-state index in [1.807, 2.05) is 9.15 Å². The molecule has 2 heterocycles. The standard InChI is InChI=1S/2C7H13NO.2NO3.2O.U/c2*1-6(2)8-5-3-4-7(8)9;2*2-1(3)4;;;/h2*6H,3-5H2,1-2H3;;;;;/q;;2*-1;2*-2;. The Morgan fingerprint density at radius 2 is 0.931 bits per heavy atom. The van der Waals surface area contributed by atoms with Crippen LogP contribution in [0.2, 0.25) is 0 Å². The van der Waals surface area contributed by atoms with E-state index < -0.39 is 10.2 Å². The molecule has 0 aromatic rings. The van der Waals surface area contributed by atoms with Crippen molar-refractivity contribution in [2.45, 2.75) is 65.5 Å². The molecule has 172 valence electrons. The minimum absolute atomic E-state index is 0. The minimum atomic E-state index is -1.75. The molecule has 0 unspecified atom stereocenters. The van der Waals surface area contributed by atoms with Gasteiger partial charge in [-0.2, -0.15) is 0 Å². The molecule has 0 atom stereocenters. The largest absolute Gasteiger partial charge is 2.00 e. The molecule has 29 heavy (non-hydrogen) atoms. The van der Waals surface area contributed by atoms with E-state index in [1.165, 1.54) is 0 Å². The first kappa shape index (κ1) is 38.0. The number of rotatable bonds is 2. The van der Waals surface area contributed by atoms with Crippen molar-refractivity contribution in [2.75, 3.05) is 13.1 Å². The van der Waals surface area contributed by atoms with Gasteiger partial charge in [0.25, 0.3) is 0 Å². The summed E-state index contributed by atoms with van der Waals surface area (Å²) in [6.45, 7) is 10.2. The third kappa shape index (κ3) is 22.5. The normalized spacial score (nSPS) is 14.0. The van der Waals surface area contributed by atoms with Crippen LogP contribution in [-0.2, 0) is 11.0 Å². The molecule has 0 N–H and O–H groups in total. The molecular weight excluding hydrogens is 622 g/mol. The van der Waals surface area contributed by atoms with Crippen molar-refractivity contribution in [3.63, 3.8) is 0 Å². The fourth-order valence-corrected chi connectivity index (χ4v) is 2.43. The molecule has 0 aromatic carbocycles. The summed E-state index contributed by atoms with van der Waals surface area (Å²) in [6, 6.07) is 0.806. The quantitative estimate of drug-likeness (QED) is 0.208. The van der Waals surface area contributed by atoms with Gasteiger partial charge >= 0.3 is 0 Å². The van der Waals surface area contributed by atoms with Gasteiger partial charge < -0.3 is 51.8 Å². The predicted octanol–water partition coefficient (Wildman–Crippen LogP) is -0.796. The molecule has 2 aliphatic heterocycles. The molecule has 14 nitrogen and oxygen atoms in total. The Bertz CT molecular complexity index is 473. The number of nitrogens with zero attached hydrogens (tertiary/aromatic N) is 4. The van der Waals surface area contributed by atoms with Crippen LogP contribution in [0, 0.1) is 61.8 Å². The zero-order valence-electron chi connectivity index (χ0n) is 16.8. The van der Waals surface area contributed by atoms with E-state index in [1.54, 1.807) is 0 Å².